The van der Waals surface area contributed by atoms with Crippen molar-refractivity contribution in [3.8, 4) is 0 Å². The second-order valence-electron chi connectivity index (χ2n) is 4.02. The van der Waals surface area contributed by atoms with E-state index >= 15 is 0 Å². The summed E-state index contributed by atoms with van der Waals surface area (Å²) in [6.45, 7) is -0.827. The highest BCUT2D eigenvalue weighted by molar-refractivity contribution is 5.73. The molecule has 6 N–H and O–H groups in total. The maximum absolute atomic E-state index is 10.6. The van der Waals surface area contributed by atoms with Gasteiger partial charge >= 0.3 is 0 Å². The second-order valence-corrected chi connectivity index (χ2v) is 4.02. The third kappa shape index (κ3) is 3.38. The van der Waals surface area contributed by atoms with Gasteiger partial charge in [0.2, 0.25) is 0 Å². The van der Waals surface area contributed by atoms with Crippen LogP contribution in [-0.2, 0) is 0 Å². The molecule has 19 heavy (non-hydrogen) atoms. The van der Waals surface area contributed by atoms with Gasteiger partial charge in [-0.15, -0.1) is 0 Å². The number of carbonyl (C=O) groups excluding carboxylic acids is 1. The summed E-state index contributed by atoms with van der Waals surface area (Å²) in [5.41, 5.74) is -0.0627. The molecule has 0 aliphatic rings. The fraction of sp³-hybridized carbons (Fsp3) is 0.545. The Morgan fingerprint density at radius 1 is 1.11 bits per heavy atom. The van der Waals surface area contributed by atoms with Crippen LogP contribution in [0.1, 0.15) is 22.2 Å². The summed E-state index contributed by atoms with van der Waals surface area (Å²) >= 11 is 0. The molecule has 1 unspecified atom stereocenters. The minimum atomic E-state index is -1.92. The van der Waals surface area contributed by atoms with Gasteiger partial charge in [0, 0.05) is 5.56 Å². The van der Waals surface area contributed by atoms with Crippen LogP contribution >= 0.6 is 0 Å². The largest absolute Gasteiger partial charge is 0.461 e. The topological polar surface area (TPSA) is 152 Å². The van der Waals surface area contributed by atoms with Gasteiger partial charge in [0.25, 0.3) is 0 Å². The molecular formula is C11H16O8. The SMILES string of the molecule is O=Cc1occc1C(O)[C@@H](O)[C@@H](O)[C@H](O)[C@@H](O)CO. The van der Waals surface area contributed by atoms with E-state index in [0.29, 0.717) is 6.29 Å². The Morgan fingerprint density at radius 2 is 1.74 bits per heavy atom. The Bertz CT molecular complexity index is 403. The summed E-state index contributed by atoms with van der Waals surface area (Å²) in [6.07, 6.45) is -7.61. The van der Waals surface area contributed by atoms with Crippen LogP contribution in [0.5, 0.6) is 0 Å². The summed E-state index contributed by atoms with van der Waals surface area (Å²) in [4.78, 5) is 10.6. The van der Waals surface area contributed by atoms with E-state index in [9.17, 15) is 25.2 Å². The quantitative estimate of drug-likeness (QED) is 0.300. The smallest absolute Gasteiger partial charge is 0.185 e. The molecule has 0 aliphatic heterocycles. The molecule has 0 bridgehead atoms. The van der Waals surface area contributed by atoms with Gasteiger partial charge in [-0.05, 0) is 6.07 Å². The van der Waals surface area contributed by atoms with Crippen LogP contribution < -0.4 is 0 Å². The predicted octanol–water partition coefficient (Wildman–Crippen LogP) is -2.44. The van der Waals surface area contributed by atoms with Crippen molar-refractivity contribution in [1.82, 2.24) is 0 Å². The molecule has 1 aromatic rings. The fourth-order valence-electron chi connectivity index (χ4n) is 1.58. The monoisotopic (exact) mass is 276 g/mol. The van der Waals surface area contributed by atoms with E-state index in [1.54, 1.807) is 0 Å². The number of carbonyl (C=O) groups is 1. The molecule has 1 heterocycles. The molecule has 0 saturated carbocycles. The van der Waals surface area contributed by atoms with Gasteiger partial charge in [-0.25, -0.2) is 0 Å². The first-order chi connectivity index (χ1) is 8.93. The second kappa shape index (κ2) is 6.75. The molecule has 0 aromatic carbocycles. The molecule has 1 aromatic heterocycles. The molecule has 0 radical (unpaired) electrons. The van der Waals surface area contributed by atoms with Crippen molar-refractivity contribution in [1.29, 1.82) is 0 Å². The number of rotatable bonds is 7. The number of hydrogen-bond acceptors (Lipinski definition) is 8. The molecule has 5 atom stereocenters. The lowest BCUT2D eigenvalue weighted by atomic mass is 9.95. The van der Waals surface area contributed by atoms with E-state index < -0.39 is 37.1 Å². The molecule has 0 spiro atoms. The van der Waals surface area contributed by atoms with Crippen molar-refractivity contribution in [2.45, 2.75) is 30.5 Å². The highest BCUT2D eigenvalue weighted by Gasteiger charge is 2.35. The lowest BCUT2D eigenvalue weighted by molar-refractivity contribution is -0.141. The summed E-state index contributed by atoms with van der Waals surface area (Å²) in [7, 11) is 0. The third-order valence-electron chi connectivity index (χ3n) is 2.76. The van der Waals surface area contributed by atoms with Crippen LogP contribution in [0.15, 0.2) is 16.7 Å². The Kier molecular flexibility index (Phi) is 5.60. The number of hydrogen-bond donors (Lipinski definition) is 6. The lowest BCUT2D eigenvalue weighted by Gasteiger charge is -2.28. The van der Waals surface area contributed by atoms with Gasteiger partial charge in [-0.3, -0.25) is 4.79 Å². The van der Waals surface area contributed by atoms with E-state index in [-0.39, 0.29) is 11.3 Å². The summed E-state index contributed by atoms with van der Waals surface area (Å²) < 4.78 is 4.72. The first-order valence-electron chi connectivity index (χ1n) is 5.47. The summed E-state index contributed by atoms with van der Waals surface area (Å²) in [5, 5.41) is 56.2. The zero-order valence-corrected chi connectivity index (χ0v) is 9.83. The minimum absolute atomic E-state index is 0.0627. The van der Waals surface area contributed by atoms with Crippen LogP contribution in [0.2, 0.25) is 0 Å². The van der Waals surface area contributed by atoms with E-state index in [2.05, 4.69) is 0 Å². The van der Waals surface area contributed by atoms with Crippen molar-refractivity contribution in [3.05, 3.63) is 23.7 Å². The number of aliphatic hydroxyl groups is 6. The van der Waals surface area contributed by atoms with E-state index in [0.717, 1.165) is 6.26 Å². The van der Waals surface area contributed by atoms with Crippen molar-refractivity contribution < 1.29 is 39.9 Å². The number of aldehydes is 1. The van der Waals surface area contributed by atoms with Gasteiger partial charge in [-0.2, -0.15) is 0 Å². The molecule has 0 amide bonds. The van der Waals surface area contributed by atoms with E-state index in [1.807, 2.05) is 0 Å². The van der Waals surface area contributed by atoms with Crippen LogP contribution in [0.3, 0.4) is 0 Å². The Morgan fingerprint density at radius 3 is 2.26 bits per heavy atom. The van der Waals surface area contributed by atoms with E-state index in [1.165, 1.54) is 6.07 Å². The van der Waals surface area contributed by atoms with Crippen LogP contribution in [0.25, 0.3) is 0 Å². The maximum Gasteiger partial charge on any atom is 0.185 e. The van der Waals surface area contributed by atoms with Crippen LogP contribution in [0, 0.1) is 0 Å². The molecule has 0 saturated heterocycles. The zero-order chi connectivity index (χ0) is 14.6. The molecule has 8 nitrogen and oxygen atoms in total. The molecule has 0 fully saturated rings. The lowest BCUT2D eigenvalue weighted by Crippen LogP contribution is -2.47. The zero-order valence-electron chi connectivity index (χ0n) is 9.83. The molecule has 108 valence electrons. The van der Waals surface area contributed by atoms with Crippen LogP contribution in [0.4, 0.5) is 0 Å². The fourth-order valence-corrected chi connectivity index (χ4v) is 1.58. The molecular weight excluding hydrogens is 260 g/mol. The molecule has 0 aliphatic carbocycles. The number of furan rings is 1. The van der Waals surface area contributed by atoms with Crippen molar-refractivity contribution >= 4 is 6.29 Å². The van der Waals surface area contributed by atoms with Crippen molar-refractivity contribution in [2.75, 3.05) is 6.61 Å². The van der Waals surface area contributed by atoms with Crippen molar-refractivity contribution in [3.63, 3.8) is 0 Å². The Hall–Kier alpha value is -1.29. The highest BCUT2D eigenvalue weighted by atomic mass is 16.4. The highest BCUT2D eigenvalue weighted by Crippen LogP contribution is 2.24. The van der Waals surface area contributed by atoms with Crippen molar-refractivity contribution in [2.24, 2.45) is 0 Å². The van der Waals surface area contributed by atoms with Gasteiger partial charge in [-0.1, -0.05) is 0 Å². The average molecular weight is 276 g/mol. The normalized spacial score (nSPS) is 19.5. The molecule has 1 rings (SSSR count). The third-order valence-corrected chi connectivity index (χ3v) is 2.76. The Balaban J connectivity index is 2.81. The van der Waals surface area contributed by atoms with Crippen LogP contribution in [-0.4, -0.2) is 67.9 Å². The van der Waals surface area contributed by atoms with E-state index in [4.69, 9.17) is 14.6 Å². The summed E-state index contributed by atoms with van der Waals surface area (Å²) in [6, 6.07) is 1.22. The predicted molar refractivity (Wildman–Crippen MR) is 60.2 cm³/mol. The van der Waals surface area contributed by atoms with Gasteiger partial charge < -0.3 is 35.1 Å². The minimum Gasteiger partial charge on any atom is -0.461 e. The summed E-state index contributed by atoms with van der Waals surface area (Å²) in [5.74, 6) is -0.226. The molecule has 8 heteroatoms. The first-order valence-corrected chi connectivity index (χ1v) is 5.47. The maximum atomic E-state index is 10.6. The number of aliphatic hydroxyl groups excluding tert-OH is 6. The average Bonchev–Trinajstić information content (AvgIpc) is 2.91. The Labute approximate surface area is 108 Å². The standard InChI is InChI=1S/C11H16O8/c12-3-6(14)9(16)11(18)10(17)8(15)5-1-2-19-7(5)4-13/h1-2,4,6,8-12,14-18H,3H2/t6-,8?,9+,10+,11-/m0/s1. The van der Waals surface area contributed by atoms with Gasteiger partial charge in [0.05, 0.1) is 12.9 Å². The van der Waals surface area contributed by atoms with Gasteiger partial charge in [0.1, 0.15) is 30.5 Å². The van der Waals surface area contributed by atoms with Gasteiger partial charge in [0.15, 0.2) is 12.0 Å². The first kappa shape index (κ1) is 15.8.